The summed E-state index contributed by atoms with van der Waals surface area (Å²) >= 11 is 0. The number of anilines is 1. The lowest BCUT2D eigenvalue weighted by molar-refractivity contribution is -0.119. The Morgan fingerprint density at radius 1 is 1.22 bits per heavy atom. The van der Waals surface area contributed by atoms with E-state index >= 15 is 0 Å². The average Bonchev–Trinajstić information content (AvgIpc) is 3.20. The van der Waals surface area contributed by atoms with Crippen molar-refractivity contribution in [3.8, 4) is 11.5 Å². The Kier molecular flexibility index (Phi) is 3.11. The summed E-state index contributed by atoms with van der Waals surface area (Å²) in [6.45, 7) is 1.98. The maximum absolute atomic E-state index is 12.5. The lowest BCUT2D eigenvalue weighted by Crippen LogP contribution is -2.24. The molecule has 116 valence electrons. The Labute approximate surface area is 131 Å². The molecule has 7 nitrogen and oxygen atoms in total. The van der Waals surface area contributed by atoms with Crippen LogP contribution in [-0.2, 0) is 4.79 Å². The van der Waals surface area contributed by atoms with Gasteiger partial charge in [-0.1, -0.05) is 17.3 Å². The Bertz CT molecular complexity index is 890. The minimum Gasteiger partial charge on any atom is -0.454 e. The van der Waals surface area contributed by atoms with Crippen LogP contribution in [0.5, 0.6) is 11.5 Å². The third kappa shape index (κ3) is 2.36. The number of ether oxygens (including phenoxy) is 2. The van der Waals surface area contributed by atoms with Crippen LogP contribution < -0.4 is 14.8 Å². The lowest BCUT2D eigenvalue weighted by Gasteiger charge is -2.13. The maximum Gasteiger partial charge on any atom is 0.249 e. The van der Waals surface area contributed by atoms with E-state index < -0.39 is 6.04 Å². The summed E-state index contributed by atoms with van der Waals surface area (Å²) < 4.78 is 12.2. The summed E-state index contributed by atoms with van der Waals surface area (Å²) in [6, 6.07) is 12.3. The highest BCUT2D eigenvalue weighted by atomic mass is 16.7. The van der Waals surface area contributed by atoms with Crippen molar-refractivity contribution < 1.29 is 14.3 Å². The number of hydrogen-bond acceptors (Lipinski definition) is 5. The standard InChI is InChI=1S/C16H14N4O3/c1-10(20-13-5-3-2-4-12(13)18-19-20)16(21)17-11-6-7-14-15(8-11)23-9-22-14/h2-8,10H,9H2,1H3,(H,17,21). The number of hydrogen-bond donors (Lipinski definition) is 1. The van der Waals surface area contributed by atoms with Gasteiger partial charge in [-0.05, 0) is 31.2 Å². The van der Waals surface area contributed by atoms with Crippen LogP contribution in [0.2, 0.25) is 0 Å². The molecule has 0 spiro atoms. The number of aromatic nitrogens is 3. The fourth-order valence-corrected chi connectivity index (χ4v) is 2.51. The van der Waals surface area contributed by atoms with Crippen LogP contribution in [0.4, 0.5) is 5.69 Å². The molecule has 1 N–H and O–H groups in total. The summed E-state index contributed by atoms with van der Waals surface area (Å²) in [5.74, 6) is 1.12. The third-order valence-electron chi connectivity index (χ3n) is 3.76. The van der Waals surface area contributed by atoms with Crippen molar-refractivity contribution in [2.24, 2.45) is 0 Å². The number of nitrogens with zero attached hydrogens (tertiary/aromatic N) is 3. The fourth-order valence-electron chi connectivity index (χ4n) is 2.51. The van der Waals surface area contributed by atoms with E-state index in [-0.39, 0.29) is 12.7 Å². The van der Waals surface area contributed by atoms with Crippen LogP contribution in [0.3, 0.4) is 0 Å². The van der Waals surface area contributed by atoms with E-state index in [9.17, 15) is 4.79 Å². The Balaban J connectivity index is 1.57. The number of fused-ring (bicyclic) bond motifs is 2. The molecule has 3 aromatic rings. The number of nitrogens with one attached hydrogen (secondary N) is 1. The molecule has 0 radical (unpaired) electrons. The second-order valence-corrected chi connectivity index (χ2v) is 5.26. The van der Waals surface area contributed by atoms with Gasteiger partial charge in [0, 0.05) is 11.8 Å². The van der Waals surface area contributed by atoms with Crippen molar-refractivity contribution in [3.05, 3.63) is 42.5 Å². The van der Waals surface area contributed by atoms with Gasteiger partial charge >= 0.3 is 0 Å². The highest BCUT2D eigenvalue weighted by molar-refractivity contribution is 5.94. The van der Waals surface area contributed by atoms with Crippen molar-refractivity contribution in [2.45, 2.75) is 13.0 Å². The number of rotatable bonds is 3. The number of para-hydroxylation sites is 1. The lowest BCUT2D eigenvalue weighted by atomic mass is 10.2. The first-order valence-corrected chi connectivity index (χ1v) is 7.23. The summed E-state index contributed by atoms with van der Waals surface area (Å²) in [4.78, 5) is 12.5. The smallest absolute Gasteiger partial charge is 0.249 e. The predicted molar refractivity (Wildman–Crippen MR) is 83.4 cm³/mol. The normalized spacial score (nSPS) is 14.0. The first-order valence-electron chi connectivity index (χ1n) is 7.23. The van der Waals surface area contributed by atoms with Crippen molar-refractivity contribution in [1.29, 1.82) is 0 Å². The third-order valence-corrected chi connectivity index (χ3v) is 3.76. The van der Waals surface area contributed by atoms with Crippen LogP contribution in [0.25, 0.3) is 11.0 Å². The molecule has 1 aliphatic rings. The van der Waals surface area contributed by atoms with E-state index in [1.165, 1.54) is 0 Å². The maximum atomic E-state index is 12.5. The largest absolute Gasteiger partial charge is 0.454 e. The van der Waals surface area contributed by atoms with Gasteiger partial charge in [-0.25, -0.2) is 4.68 Å². The number of amides is 1. The van der Waals surface area contributed by atoms with E-state index in [0.29, 0.717) is 17.2 Å². The molecular weight excluding hydrogens is 296 g/mol. The minimum absolute atomic E-state index is 0.181. The van der Waals surface area contributed by atoms with Crippen molar-refractivity contribution in [1.82, 2.24) is 15.0 Å². The molecule has 0 bridgehead atoms. The van der Waals surface area contributed by atoms with E-state index in [1.54, 1.807) is 29.8 Å². The van der Waals surface area contributed by atoms with E-state index in [1.807, 2.05) is 24.3 Å². The van der Waals surface area contributed by atoms with Crippen LogP contribution >= 0.6 is 0 Å². The van der Waals surface area contributed by atoms with Gasteiger partial charge in [0.05, 0.1) is 5.52 Å². The summed E-state index contributed by atoms with van der Waals surface area (Å²) in [6.07, 6.45) is 0. The van der Waals surface area contributed by atoms with E-state index in [2.05, 4.69) is 15.6 Å². The Morgan fingerprint density at radius 3 is 2.96 bits per heavy atom. The van der Waals surface area contributed by atoms with Gasteiger partial charge in [0.15, 0.2) is 11.5 Å². The van der Waals surface area contributed by atoms with Gasteiger partial charge in [-0.15, -0.1) is 5.10 Å². The highest BCUT2D eigenvalue weighted by Gasteiger charge is 2.20. The monoisotopic (exact) mass is 310 g/mol. The first-order chi connectivity index (χ1) is 11.2. The topological polar surface area (TPSA) is 78.3 Å². The van der Waals surface area contributed by atoms with Crippen LogP contribution in [0.15, 0.2) is 42.5 Å². The predicted octanol–water partition coefficient (Wildman–Crippen LogP) is 2.36. The van der Waals surface area contributed by atoms with Gasteiger partial charge in [0.1, 0.15) is 11.6 Å². The number of carbonyl (C=O) groups excluding carboxylic acids is 1. The van der Waals surface area contributed by atoms with Crippen molar-refractivity contribution >= 4 is 22.6 Å². The summed E-state index contributed by atoms with van der Waals surface area (Å²) in [5.41, 5.74) is 2.23. The molecule has 23 heavy (non-hydrogen) atoms. The van der Waals surface area contributed by atoms with Crippen molar-refractivity contribution in [2.75, 3.05) is 12.1 Å². The quantitative estimate of drug-likeness (QED) is 0.803. The molecule has 0 fully saturated rings. The second kappa shape index (κ2) is 5.28. The second-order valence-electron chi connectivity index (χ2n) is 5.26. The molecule has 1 amide bonds. The summed E-state index contributed by atoms with van der Waals surface area (Å²) in [5, 5.41) is 11.0. The van der Waals surface area contributed by atoms with E-state index in [4.69, 9.17) is 9.47 Å². The fraction of sp³-hybridized carbons (Fsp3) is 0.188. The molecule has 1 atom stereocenters. The molecule has 1 aromatic heterocycles. The molecule has 1 aliphatic heterocycles. The molecule has 1 unspecified atom stereocenters. The molecule has 0 aliphatic carbocycles. The van der Waals surface area contributed by atoms with Crippen LogP contribution in [0, 0.1) is 0 Å². The average molecular weight is 310 g/mol. The Morgan fingerprint density at radius 2 is 2.04 bits per heavy atom. The zero-order valence-corrected chi connectivity index (χ0v) is 12.4. The molecular formula is C16H14N4O3. The summed E-state index contributed by atoms with van der Waals surface area (Å²) in [7, 11) is 0. The minimum atomic E-state index is -0.493. The van der Waals surface area contributed by atoms with Gasteiger partial charge in [0.2, 0.25) is 12.7 Å². The van der Waals surface area contributed by atoms with Gasteiger partial charge in [-0.3, -0.25) is 4.79 Å². The number of benzene rings is 2. The molecule has 0 saturated carbocycles. The molecule has 4 rings (SSSR count). The Hall–Kier alpha value is -3.09. The van der Waals surface area contributed by atoms with E-state index in [0.717, 1.165) is 11.0 Å². The zero-order valence-electron chi connectivity index (χ0n) is 12.4. The van der Waals surface area contributed by atoms with Gasteiger partial charge in [0.25, 0.3) is 0 Å². The van der Waals surface area contributed by atoms with Crippen LogP contribution in [-0.4, -0.2) is 27.7 Å². The molecule has 7 heteroatoms. The van der Waals surface area contributed by atoms with Gasteiger partial charge in [-0.2, -0.15) is 0 Å². The van der Waals surface area contributed by atoms with Gasteiger partial charge < -0.3 is 14.8 Å². The number of carbonyl (C=O) groups is 1. The zero-order chi connectivity index (χ0) is 15.8. The first kappa shape index (κ1) is 13.6. The molecule has 2 aromatic carbocycles. The highest BCUT2D eigenvalue weighted by Crippen LogP contribution is 2.34. The van der Waals surface area contributed by atoms with Crippen LogP contribution in [0.1, 0.15) is 13.0 Å². The SMILES string of the molecule is CC(C(=O)Nc1ccc2c(c1)OCO2)n1nnc2ccccc21. The van der Waals surface area contributed by atoms with Crippen molar-refractivity contribution in [3.63, 3.8) is 0 Å². The molecule has 2 heterocycles. The molecule has 0 saturated heterocycles.